The first-order chi connectivity index (χ1) is 9.22. The standard InChI is InChI=1S/C13H16ClN5/c1-19-8-10-11(16-13(14)17-12(10)18-19)15-7-9-5-3-2-4-6-9/h2-6,12,15,18H,7-8H2,1H3,(H,16,17). The fraction of sp³-hybridized carbons (Fsp3) is 0.308. The molecule has 0 amide bonds. The first-order valence-corrected chi connectivity index (χ1v) is 6.59. The first-order valence-electron chi connectivity index (χ1n) is 6.21. The topological polar surface area (TPSA) is 51.7 Å². The molecule has 5 nitrogen and oxygen atoms in total. The van der Waals surface area contributed by atoms with E-state index in [4.69, 9.17) is 11.6 Å². The minimum atomic E-state index is 0.0354. The SMILES string of the molecule is CN1CC2=C(NCc3ccccc3)N=C(Cl)NC2N1. The van der Waals surface area contributed by atoms with Gasteiger partial charge in [-0.2, -0.15) is 0 Å². The highest BCUT2D eigenvalue weighted by Gasteiger charge is 2.31. The number of nitrogens with zero attached hydrogens (tertiary/aromatic N) is 2. The smallest absolute Gasteiger partial charge is 0.199 e. The Kier molecular flexibility index (Phi) is 3.42. The quantitative estimate of drug-likeness (QED) is 0.721. The predicted octanol–water partition coefficient (Wildman–Crippen LogP) is 0.962. The molecule has 1 unspecified atom stereocenters. The van der Waals surface area contributed by atoms with Crippen LogP contribution in [0.2, 0.25) is 0 Å². The summed E-state index contributed by atoms with van der Waals surface area (Å²) in [5.41, 5.74) is 5.68. The predicted molar refractivity (Wildman–Crippen MR) is 76.3 cm³/mol. The second-order valence-electron chi connectivity index (χ2n) is 4.68. The number of nitrogens with one attached hydrogen (secondary N) is 3. The fourth-order valence-electron chi connectivity index (χ4n) is 2.28. The Morgan fingerprint density at radius 1 is 1.42 bits per heavy atom. The van der Waals surface area contributed by atoms with E-state index in [1.165, 1.54) is 11.1 Å². The summed E-state index contributed by atoms with van der Waals surface area (Å²) in [5, 5.41) is 8.89. The van der Waals surface area contributed by atoms with E-state index in [2.05, 4.69) is 33.2 Å². The average molecular weight is 278 g/mol. The molecule has 100 valence electrons. The van der Waals surface area contributed by atoms with Gasteiger partial charge in [-0.3, -0.25) is 0 Å². The molecule has 0 aromatic heterocycles. The maximum atomic E-state index is 6.01. The summed E-state index contributed by atoms with van der Waals surface area (Å²) in [6, 6.07) is 10.2. The molecule has 2 aliphatic heterocycles. The monoisotopic (exact) mass is 277 g/mol. The summed E-state index contributed by atoms with van der Waals surface area (Å²) in [5.74, 6) is 0.856. The van der Waals surface area contributed by atoms with Gasteiger partial charge in [-0.1, -0.05) is 30.3 Å². The van der Waals surface area contributed by atoms with E-state index in [1.54, 1.807) is 0 Å². The van der Waals surface area contributed by atoms with Crippen molar-refractivity contribution < 1.29 is 0 Å². The van der Waals surface area contributed by atoms with Gasteiger partial charge in [0.1, 0.15) is 12.0 Å². The maximum absolute atomic E-state index is 6.01. The van der Waals surface area contributed by atoms with E-state index in [0.717, 1.165) is 18.9 Å². The van der Waals surface area contributed by atoms with E-state index >= 15 is 0 Å². The molecule has 1 fully saturated rings. The highest BCUT2D eigenvalue weighted by Crippen LogP contribution is 2.19. The summed E-state index contributed by atoms with van der Waals surface area (Å²) in [6.07, 6.45) is 0.0354. The minimum Gasteiger partial charge on any atom is -0.366 e. The average Bonchev–Trinajstić information content (AvgIpc) is 2.77. The lowest BCUT2D eigenvalue weighted by Gasteiger charge is -2.22. The van der Waals surface area contributed by atoms with Crippen molar-refractivity contribution in [2.75, 3.05) is 13.6 Å². The normalized spacial score (nSPS) is 22.8. The lowest BCUT2D eigenvalue weighted by molar-refractivity contribution is 0.286. The van der Waals surface area contributed by atoms with Gasteiger partial charge in [-0.05, 0) is 17.2 Å². The van der Waals surface area contributed by atoms with Gasteiger partial charge in [0.2, 0.25) is 0 Å². The Balaban J connectivity index is 1.76. The van der Waals surface area contributed by atoms with Crippen LogP contribution in [0, 0.1) is 0 Å². The van der Waals surface area contributed by atoms with Gasteiger partial charge in [-0.25, -0.2) is 15.4 Å². The van der Waals surface area contributed by atoms with Crippen molar-refractivity contribution in [3.05, 3.63) is 47.3 Å². The van der Waals surface area contributed by atoms with Crippen LogP contribution in [-0.2, 0) is 6.54 Å². The molecule has 6 heteroatoms. The van der Waals surface area contributed by atoms with Crippen LogP contribution in [0.25, 0.3) is 0 Å². The van der Waals surface area contributed by atoms with Crippen LogP contribution in [0.15, 0.2) is 46.7 Å². The number of aliphatic imine (C=N–C) groups is 1. The zero-order valence-electron chi connectivity index (χ0n) is 10.7. The van der Waals surface area contributed by atoms with Gasteiger partial charge >= 0.3 is 0 Å². The molecule has 1 saturated heterocycles. The lowest BCUT2D eigenvalue weighted by atomic mass is 10.2. The Morgan fingerprint density at radius 3 is 3.00 bits per heavy atom. The summed E-state index contributed by atoms with van der Waals surface area (Å²) >= 11 is 6.01. The Bertz CT molecular complexity index is 525. The molecule has 0 aliphatic carbocycles. The minimum absolute atomic E-state index is 0.0354. The molecule has 19 heavy (non-hydrogen) atoms. The van der Waals surface area contributed by atoms with E-state index in [1.807, 2.05) is 30.3 Å². The zero-order chi connectivity index (χ0) is 13.2. The Labute approximate surface area is 117 Å². The molecule has 0 saturated carbocycles. The van der Waals surface area contributed by atoms with Crippen LogP contribution in [0.5, 0.6) is 0 Å². The number of likely N-dealkylation sites (N-methyl/N-ethyl adjacent to an activating group) is 1. The van der Waals surface area contributed by atoms with Gasteiger partial charge in [0.15, 0.2) is 5.29 Å². The van der Waals surface area contributed by atoms with Crippen LogP contribution < -0.4 is 16.1 Å². The molecule has 0 radical (unpaired) electrons. The summed E-state index contributed by atoms with van der Waals surface area (Å²) in [7, 11) is 2.00. The van der Waals surface area contributed by atoms with Gasteiger partial charge in [0.25, 0.3) is 0 Å². The molecule has 3 N–H and O–H groups in total. The number of halogens is 1. The number of hydrogen-bond acceptors (Lipinski definition) is 5. The number of fused-ring (bicyclic) bond motifs is 1. The van der Waals surface area contributed by atoms with E-state index in [-0.39, 0.29) is 6.17 Å². The molecule has 0 bridgehead atoms. The number of amidine groups is 1. The molecular weight excluding hydrogens is 262 g/mol. The van der Waals surface area contributed by atoms with Crippen molar-refractivity contribution >= 4 is 16.9 Å². The molecule has 1 aromatic rings. The second kappa shape index (κ2) is 5.21. The molecule has 3 rings (SSSR count). The summed E-state index contributed by atoms with van der Waals surface area (Å²) < 4.78 is 0. The first kappa shape index (κ1) is 12.5. The lowest BCUT2D eigenvalue weighted by Crippen LogP contribution is -2.46. The highest BCUT2D eigenvalue weighted by atomic mass is 35.5. The molecule has 2 aliphatic rings. The van der Waals surface area contributed by atoms with Crippen molar-refractivity contribution in [3.8, 4) is 0 Å². The third kappa shape index (κ3) is 2.73. The van der Waals surface area contributed by atoms with Crippen molar-refractivity contribution in [1.82, 2.24) is 21.1 Å². The van der Waals surface area contributed by atoms with E-state index in [9.17, 15) is 0 Å². The molecule has 0 spiro atoms. The van der Waals surface area contributed by atoms with Crippen LogP contribution >= 0.6 is 11.6 Å². The number of benzene rings is 1. The summed E-state index contributed by atoms with van der Waals surface area (Å²) in [6.45, 7) is 1.56. The highest BCUT2D eigenvalue weighted by molar-refractivity contribution is 6.64. The van der Waals surface area contributed by atoms with Gasteiger partial charge in [-0.15, -0.1) is 0 Å². The van der Waals surface area contributed by atoms with Crippen LogP contribution in [0.3, 0.4) is 0 Å². The van der Waals surface area contributed by atoms with Crippen molar-refractivity contribution in [3.63, 3.8) is 0 Å². The molecular formula is C13H16ClN5. The Morgan fingerprint density at radius 2 is 2.21 bits per heavy atom. The van der Waals surface area contributed by atoms with Gasteiger partial charge in [0, 0.05) is 25.7 Å². The number of hydrazine groups is 1. The van der Waals surface area contributed by atoms with Crippen LogP contribution in [0.4, 0.5) is 0 Å². The third-order valence-corrected chi connectivity index (χ3v) is 3.38. The van der Waals surface area contributed by atoms with Crippen LogP contribution in [0.1, 0.15) is 5.56 Å². The van der Waals surface area contributed by atoms with Gasteiger partial charge < -0.3 is 10.6 Å². The third-order valence-electron chi connectivity index (χ3n) is 3.19. The fourth-order valence-corrected chi connectivity index (χ4v) is 2.47. The van der Waals surface area contributed by atoms with E-state index in [0.29, 0.717) is 5.29 Å². The van der Waals surface area contributed by atoms with E-state index < -0.39 is 0 Å². The summed E-state index contributed by atoms with van der Waals surface area (Å²) in [4.78, 5) is 4.35. The Hall–Kier alpha value is -1.56. The second-order valence-corrected chi connectivity index (χ2v) is 5.04. The molecule has 1 aromatic carbocycles. The molecule has 2 heterocycles. The van der Waals surface area contributed by atoms with Crippen LogP contribution in [-0.4, -0.2) is 30.1 Å². The van der Waals surface area contributed by atoms with Crippen molar-refractivity contribution in [2.24, 2.45) is 4.99 Å². The number of hydrogen-bond donors (Lipinski definition) is 3. The largest absolute Gasteiger partial charge is 0.366 e. The molecule has 1 atom stereocenters. The van der Waals surface area contributed by atoms with Crippen molar-refractivity contribution in [1.29, 1.82) is 0 Å². The number of rotatable bonds is 3. The van der Waals surface area contributed by atoms with Crippen molar-refractivity contribution in [2.45, 2.75) is 12.7 Å². The van der Waals surface area contributed by atoms with Gasteiger partial charge in [0.05, 0.1) is 0 Å². The zero-order valence-corrected chi connectivity index (χ0v) is 11.4. The maximum Gasteiger partial charge on any atom is 0.199 e.